The fourth-order valence-electron chi connectivity index (χ4n) is 0.244. The predicted molar refractivity (Wildman–Crippen MR) is 20.2 cm³/mol. The first-order valence-electron chi connectivity index (χ1n) is 1.67. The standard InChI is InChI=1S/C4H2O3/c1-2-3(5)7-4(2)6/h1H2. The van der Waals surface area contributed by atoms with Gasteiger partial charge in [-0.15, -0.1) is 0 Å². The lowest BCUT2D eigenvalue weighted by Crippen LogP contribution is -2.30. The largest absolute Gasteiger partial charge is 0.385 e. The van der Waals surface area contributed by atoms with Gasteiger partial charge in [0.2, 0.25) is 0 Å². The van der Waals surface area contributed by atoms with Crippen molar-refractivity contribution in [3.8, 4) is 0 Å². The van der Waals surface area contributed by atoms with E-state index in [2.05, 4.69) is 11.3 Å². The van der Waals surface area contributed by atoms with Gasteiger partial charge in [-0.05, 0) is 0 Å². The first-order chi connectivity index (χ1) is 3.22. The summed E-state index contributed by atoms with van der Waals surface area (Å²) in [5, 5.41) is 0. The third kappa shape index (κ3) is 0.342. The number of carbonyl (C=O) groups is 2. The van der Waals surface area contributed by atoms with Crippen molar-refractivity contribution in [2.45, 2.75) is 0 Å². The van der Waals surface area contributed by atoms with Crippen molar-refractivity contribution in [3.63, 3.8) is 0 Å². The summed E-state index contributed by atoms with van der Waals surface area (Å²) in [7, 11) is 0. The van der Waals surface area contributed by atoms with Crippen LogP contribution in [0.1, 0.15) is 0 Å². The van der Waals surface area contributed by atoms with Crippen molar-refractivity contribution in [2.24, 2.45) is 0 Å². The molecule has 7 heavy (non-hydrogen) atoms. The smallest absolute Gasteiger partial charge is 0.352 e. The molecule has 0 unspecified atom stereocenters. The van der Waals surface area contributed by atoms with Crippen LogP contribution in [0, 0.1) is 0 Å². The lowest BCUT2D eigenvalue weighted by atomic mass is 10.2. The van der Waals surface area contributed by atoms with Crippen LogP contribution in [-0.4, -0.2) is 11.9 Å². The van der Waals surface area contributed by atoms with E-state index in [1.165, 1.54) is 0 Å². The number of hydrogen-bond acceptors (Lipinski definition) is 3. The Morgan fingerprint density at radius 2 is 1.71 bits per heavy atom. The zero-order valence-corrected chi connectivity index (χ0v) is 3.43. The molecule has 0 radical (unpaired) electrons. The summed E-state index contributed by atoms with van der Waals surface area (Å²) in [6.45, 7) is 3.10. The fraction of sp³-hybridized carbons (Fsp3) is 0. The average Bonchev–Trinajstić information content (AvgIpc) is 1.68. The highest BCUT2D eigenvalue weighted by atomic mass is 16.6. The molecule has 0 aromatic rings. The van der Waals surface area contributed by atoms with Gasteiger partial charge in [-0.2, -0.15) is 0 Å². The minimum absolute atomic E-state index is 0.0556. The molecule has 1 aliphatic rings. The second kappa shape index (κ2) is 0.932. The molecule has 36 valence electrons. The van der Waals surface area contributed by atoms with Crippen molar-refractivity contribution in [3.05, 3.63) is 12.2 Å². The van der Waals surface area contributed by atoms with E-state index >= 15 is 0 Å². The van der Waals surface area contributed by atoms with E-state index in [0.29, 0.717) is 0 Å². The van der Waals surface area contributed by atoms with Crippen molar-refractivity contribution in [1.29, 1.82) is 0 Å². The SMILES string of the molecule is C=C1C(=O)OC1=O. The molecule has 1 saturated heterocycles. The number of carbonyl (C=O) groups excluding carboxylic acids is 2. The number of rotatable bonds is 0. The van der Waals surface area contributed by atoms with Crippen LogP contribution in [0.15, 0.2) is 12.2 Å². The molecule has 3 nitrogen and oxygen atoms in total. The topological polar surface area (TPSA) is 43.4 Å². The Kier molecular flexibility index (Phi) is 0.539. The Balaban J connectivity index is 2.78. The van der Waals surface area contributed by atoms with Gasteiger partial charge < -0.3 is 4.74 Å². The lowest BCUT2D eigenvalue weighted by Gasteiger charge is -2.09. The Morgan fingerprint density at radius 3 is 1.71 bits per heavy atom. The molecule has 3 heteroatoms. The maximum Gasteiger partial charge on any atom is 0.352 e. The Hall–Kier alpha value is -1.12. The highest BCUT2D eigenvalue weighted by Crippen LogP contribution is 2.08. The Labute approximate surface area is 39.6 Å². The van der Waals surface area contributed by atoms with Gasteiger partial charge in [-0.1, -0.05) is 6.58 Å². The predicted octanol–water partition coefficient (Wildman–Crippen LogP) is -0.374. The van der Waals surface area contributed by atoms with Crippen LogP contribution in [0.25, 0.3) is 0 Å². The molecule has 1 rings (SSSR count). The highest BCUT2D eigenvalue weighted by molar-refractivity contribution is 6.26. The van der Waals surface area contributed by atoms with E-state index in [9.17, 15) is 9.59 Å². The van der Waals surface area contributed by atoms with Gasteiger partial charge in [0.25, 0.3) is 0 Å². The van der Waals surface area contributed by atoms with Crippen molar-refractivity contribution in [2.75, 3.05) is 0 Å². The molecule has 0 spiro atoms. The van der Waals surface area contributed by atoms with Crippen LogP contribution in [-0.2, 0) is 14.3 Å². The van der Waals surface area contributed by atoms with Crippen LogP contribution in [0.3, 0.4) is 0 Å². The molecule has 0 saturated carbocycles. The first kappa shape index (κ1) is 4.05. The maximum atomic E-state index is 9.90. The zero-order valence-electron chi connectivity index (χ0n) is 3.43. The monoisotopic (exact) mass is 98.0 g/mol. The third-order valence-corrected chi connectivity index (χ3v) is 0.678. The highest BCUT2D eigenvalue weighted by Gasteiger charge is 2.31. The van der Waals surface area contributed by atoms with E-state index in [-0.39, 0.29) is 5.57 Å². The first-order valence-corrected chi connectivity index (χ1v) is 1.67. The third-order valence-electron chi connectivity index (χ3n) is 0.678. The summed E-state index contributed by atoms with van der Waals surface area (Å²) < 4.78 is 3.87. The Bertz CT molecular complexity index is 140. The van der Waals surface area contributed by atoms with Gasteiger partial charge in [0.1, 0.15) is 5.57 Å². The van der Waals surface area contributed by atoms with E-state index in [0.717, 1.165) is 0 Å². The van der Waals surface area contributed by atoms with Crippen molar-refractivity contribution < 1.29 is 14.3 Å². The van der Waals surface area contributed by atoms with Gasteiger partial charge in [-0.3, -0.25) is 0 Å². The summed E-state index contributed by atoms with van der Waals surface area (Å²) in [5.41, 5.74) is -0.0556. The van der Waals surface area contributed by atoms with Crippen LogP contribution in [0.4, 0.5) is 0 Å². The molecule has 0 atom stereocenters. The molecule has 1 aliphatic heterocycles. The molecule has 1 heterocycles. The van der Waals surface area contributed by atoms with Crippen LogP contribution < -0.4 is 0 Å². The second-order valence-corrected chi connectivity index (χ2v) is 1.16. The van der Waals surface area contributed by atoms with E-state index in [1.54, 1.807) is 0 Å². The van der Waals surface area contributed by atoms with Gasteiger partial charge >= 0.3 is 11.9 Å². The lowest BCUT2D eigenvalue weighted by molar-refractivity contribution is -0.165. The summed E-state index contributed by atoms with van der Waals surface area (Å²) in [6, 6.07) is 0. The van der Waals surface area contributed by atoms with E-state index in [1.807, 2.05) is 0 Å². The van der Waals surface area contributed by atoms with E-state index < -0.39 is 11.9 Å². The van der Waals surface area contributed by atoms with Crippen molar-refractivity contribution in [1.82, 2.24) is 0 Å². The fourth-order valence-corrected chi connectivity index (χ4v) is 0.244. The number of cyclic esters (lactones) is 2. The minimum Gasteiger partial charge on any atom is -0.385 e. The summed E-state index contributed by atoms with van der Waals surface area (Å²) in [5.74, 6) is -1.21. The van der Waals surface area contributed by atoms with Crippen LogP contribution >= 0.6 is 0 Å². The van der Waals surface area contributed by atoms with Gasteiger partial charge in [0.15, 0.2) is 0 Å². The summed E-state index contributed by atoms with van der Waals surface area (Å²) >= 11 is 0. The number of esters is 2. The quantitative estimate of drug-likeness (QED) is 0.179. The molecular formula is C4H2O3. The average molecular weight is 98.1 g/mol. The zero-order chi connectivity index (χ0) is 5.44. The summed E-state index contributed by atoms with van der Waals surface area (Å²) in [6.07, 6.45) is 0. The minimum atomic E-state index is -0.606. The molecule has 0 N–H and O–H groups in total. The number of ether oxygens (including phenoxy) is 1. The normalized spacial score (nSPS) is 18.6. The second-order valence-electron chi connectivity index (χ2n) is 1.16. The molecule has 0 aliphatic carbocycles. The van der Waals surface area contributed by atoms with Gasteiger partial charge in [-0.25, -0.2) is 9.59 Å². The van der Waals surface area contributed by atoms with E-state index in [4.69, 9.17) is 0 Å². The van der Waals surface area contributed by atoms with Gasteiger partial charge in [0, 0.05) is 0 Å². The molecule has 0 aromatic carbocycles. The molecule has 1 fully saturated rings. The maximum absolute atomic E-state index is 9.90. The summed E-state index contributed by atoms with van der Waals surface area (Å²) in [4.78, 5) is 19.8. The van der Waals surface area contributed by atoms with Crippen LogP contribution in [0.2, 0.25) is 0 Å². The molecule has 0 bridgehead atoms. The molecular weight excluding hydrogens is 96.0 g/mol. The Morgan fingerprint density at radius 1 is 1.29 bits per heavy atom. The molecule has 0 aromatic heterocycles. The number of hydrogen-bond donors (Lipinski definition) is 0. The van der Waals surface area contributed by atoms with Gasteiger partial charge in [0.05, 0.1) is 0 Å². The van der Waals surface area contributed by atoms with Crippen molar-refractivity contribution >= 4 is 11.9 Å². The van der Waals surface area contributed by atoms with Crippen LogP contribution in [0.5, 0.6) is 0 Å². The molecule has 0 amide bonds.